The molecule has 2 aromatic heterocycles. The van der Waals surface area contributed by atoms with Crippen molar-refractivity contribution in [2.75, 3.05) is 0 Å². The SMILES string of the molecule is CCCCCc1nc(C(F)(F)F)n(C(=O)n2cncn2)n1. The van der Waals surface area contributed by atoms with E-state index in [0.717, 1.165) is 25.5 Å². The number of hydrogen-bond acceptors (Lipinski definition) is 5. The Hall–Kier alpha value is -2.26. The third-order valence-corrected chi connectivity index (χ3v) is 2.70. The van der Waals surface area contributed by atoms with Crippen LogP contribution in [-0.2, 0) is 12.6 Å². The summed E-state index contributed by atoms with van der Waals surface area (Å²) in [5.41, 5.74) is 0. The molecule has 7 nitrogen and oxygen atoms in total. The Morgan fingerprint density at radius 1 is 1.33 bits per heavy atom. The predicted octanol–water partition coefficient (Wildman–Crippen LogP) is 2.14. The molecule has 0 N–H and O–H groups in total. The molecule has 0 radical (unpaired) electrons. The summed E-state index contributed by atoms with van der Waals surface area (Å²) in [6.45, 7) is 1.97. The van der Waals surface area contributed by atoms with Crippen molar-refractivity contribution >= 4 is 6.03 Å². The Kier molecular flexibility index (Phi) is 4.34. The fourth-order valence-electron chi connectivity index (χ4n) is 1.71. The molecule has 2 aromatic rings. The highest BCUT2D eigenvalue weighted by atomic mass is 19.4. The molecule has 0 unspecified atom stereocenters. The first kappa shape index (κ1) is 15.1. The molecule has 0 bridgehead atoms. The first-order valence-corrected chi connectivity index (χ1v) is 6.36. The van der Waals surface area contributed by atoms with Crippen LogP contribution in [-0.4, -0.2) is 35.6 Å². The van der Waals surface area contributed by atoms with Crippen molar-refractivity contribution in [3.05, 3.63) is 24.3 Å². The van der Waals surface area contributed by atoms with Gasteiger partial charge in [0.15, 0.2) is 5.82 Å². The van der Waals surface area contributed by atoms with Crippen molar-refractivity contribution in [2.24, 2.45) is 0 Å². The molecule has 0 saturated carbocycles. The van der Waals surface area contributed by atoms with Crippen LogP contribution in [0, 0.1) is 0 Å². The van der Waals surface area contributed by atoms with E-state index in [-0.39, 0.29) is 16.9 Å². The maximum atomic E-state index is 12.9. The molecule has 0 saturated heterocycles. The van der Waals surface area contributed by atoms with Gasteiger partial charge in [-0.15, -0.1) is 5.10 Å². The second-order valence-electron chi connectivity index (χ2n) is 4.34. The maximum absolute atomic E-state index is 12.9. The quantitative estimate of drug-likeness (QED) is 0.808. The average molecular weight is 302 g/mol. The largest absolute Gasteiger partial charge is 0.451 e. The number of nitrogens with zero attached hydrogens (tertiary/aromatic N) is 6. The van der Waals surface area contributed by atoms with Gasteiger partial charge in [0, 0.05) is 6.42 Å². The lowest BCUT2D eigenvalue weighted by molar-refractivity contribution is -0.146. The van der Waals surface area contributed by atoms with Gasteiger partial charge in [-0.05, 0) is 6.42 Å². The summed E-state index contributed by atoms with van der Waals surface area (Å²) in [6, 6.07) is -1.07. The normalized spacial score (nSPS) is 11.8. The third kappa shape index (κ3) is 3.44. The number of halogens is 3. The van der Waals surface area contributed by atoms with Crippen LogP contribution in [0.2, 0.25) is 0 Å². The number of alkyl halides is 3. The van der Waals surface area contributed by atoms with Crippen LogP contribution in [0.25, 0.3) is 0 Å². The lowest BCUT2D eigenvalue weighted by atomic mass is 10.2. The van der Waals surface area contributed by atoms with Gasteiger partial charge in [0.05, 0.1) is 0 Å². The molecule has 21 heavy (non-hydrogen) atoms. The Bertz CT molecular complexity index is 604. The van der Waals surface area contributed by atoms with Gasteiger partial charge in [-0.25, -0.2) is 14.8 Å². The van der Waals surface area contributed by atoms with E-state index in [1.807, 2.05) is 6.92 Å². The smallest absolute Gasteiger partial charge is 0.243 e. The van der Waals surface area contributed by atoms with E-state index in [0.29, 0.717) is 11.1 Å². The highest BCUT2D eigenvalue weighted by Gasteiger charge is 2.40. The minimum absolute atomic E-state index is 0.00996. The van der Waals surface area contributed by atoms with Gasteiger partial charge < -0.3 is 0 Å². The maximum Gasteiger partial charge on any atom is 0.451 e. The third-order valence-electron chi connectivity index (χ3n) is 2.70. The number of rotatable bonds is 4. The Morgan fingerprint density at radius 3 is 2.67 bits per heavy atom. The molecule has 2 rings (SSSR count). The zero-order chi connectivity index (χ0) is 15.5. The van der Waals surface area contributed by atoms with Crippen molar-refractivity contribution in [1.82, 2.24) is 29.5 Å². The molecule has 0 fully saturated rings. The molecular formula is C11H13F3N6O. The molecule has 0 amide bonds. The van der Waals surface area contributed by atoms with Crippen molar-refractivity contribution < 1.29 is 18.0 Å². The van der Waals surface area contributed by atoms with E-state index in [1.165, 1.54) is 0 Å². The first-order valence-electron chi connectivity index (χ1n) is 6.36. The standard InChI is InChI=1S/C11H13F3N6O/c1-2-3-4-5-8-17-9(11(12,13)14)20(18-8)10(21)19-7-15-6-16-19/h6-7H,2-5H2,1H3. The Morgan fingerprint density at radius 2 is 2.10 bits per heavy atom. The average Bonchev–Trinajstić information content (AvgIpc) is 3.07. The molecule has 0 aliphatic carbocycles. The van der Waals surface area contributed by atoms with E-state index in [9.17, 15) is 18.0 Å². The number of carbonyl (C=O) groups excluding carboxylic acids is 1. The summed E-state index contributed by atoms with van der Waals surface area (Å²) in [5, 5.41) is 7.15. The van der Waals surface area contributed by atoms with E-state index in [2.05, 4.69) is 20.2 Å². The van der Waals surface area contributed by atoms with Crippen molar-refractivity contribution in [2.45, 2.75) is 38.8 Å². The van der Waals surface area contributed by atoms with Crippen LogP contribution >= 0.6 is 0 Å². The van der Waals surface area contributed by atoms with E-state index < -0.39 is 18.0 Å². The number of aromatic nitrogens is 6. The van der Waals surface area contributed by atoms with Crippen LogP contribution in [0.5, 0.6) is 0 Å². The summed E-state index contributed by atoms with van der Waals surface area (Å²) in [6.07, 6.45) is -0.00105. The zero-order valence-corrected chi connectivity index (χ0v) is 11.2. The summed E-state index contributed by atoms with van der Waals surface area (Å²) in [5.74, 6) is -1.36. The fraction of sp³-hybridized carbons (Fsp3) is 0.545. The molecule has 0 aliphatic heterocycles. The molecular weight excluding hydrogens is 289 g/mol. The van der Waals surface area contributed by atoms with Crippen molar-refractivity contribution in [3.63, 3.8) is 0 Å². The van der Waals surface area contributed by atoms with Crippen LogP contribution < -0.4 is 0 Å². The molecule has 0 aromatic carbocycles. The summed E-state index contributed by atoms with van der Waals surface area (Å²) in [7, 11) is 0. The van der Waals surface area contributed by atoms with Gasteiger partial charge in [-0.3, -0.25) is 0 Å². The number of aryl methyl sites for hydroxylation is 1. The molecule has 10 heteroatoms. The summed E-state index contributed by atoms with van der Waals surface area (Å²) >= 11 is 0. The van der Waals surface area contributed by atoms with Gasteiger partial charge in [0.25, 0.3) is 0 Å². The monoisotopic (exact) mass is 302 g/mol. The highest BCUT2D eigenvalue weighted by Crippen LogP contribution is 2.28. The molecule has 2 heterocycles. The van der Waals surface area contributed by atoms with Crippen LogP contribution in [0.4, 0.5) is 18.0 Å². The topological polar surface area (TPSA) is 78.5 Å². The summed E-state index contributed by atoms with van der Waals surface area (Å²) < 4.78 is 39.7. The van der Waals surface area contributed by atoms with Crippen molar-refractivity contribution in [3.8, 4) is 0 Å². The van der Waals surface area contributed by atoms with Crippen LogP contribution in [0.3, 0.4) is 0 Å². The number of hydrogen-bond donors (Lipinski definition) is 0. The lowest BCUT2D eigenvalue weighted by Crippen LogP contribution is -2.27. The lowest BCUT2D eigenvalue weighted by Gasteiger charge is -2.06. The highest BCUT2D eigenvalue weighted by molar-refractivity contribution is 5.77. The molecule has 114 valence electrons. The molecule has 0 aliphatic rings. The Labute approximate surface area is 117 Å². The first-order chi connectivity index (χ1) is 9.93. The van der Waals surface area contributed by atoms with Crippen molar-refractivity contribution in [1.29, 1.82) is 0 Å². The van der Waals surface area contributed by atoms with E-state index >= 15 is 0 Å². The number of unbranched alkanes of at least 4 members (excludes halogenated alkanes) is 2. The van der Waals surface area contributed by atoms with Crippen LogP contribution in [0.1, 0.15) is 37.8 Å². The second-order valence-corrected chi connectivity index (χ2v) is 4.34. The summed E-state index contributed by atoms with van der Waals surface area (Å²) in [4.78, 5) is 18.9. The predicted molar refractivity (Wildman–Crippen MR) is 64.5 cm³/mol. The van der Waals surface area contributed by atoms with Gasteiger partial charge in [-0.2, -0.15) is 27.6 Å². The van der Waals surface area contributed by atoms with Gasteiger partial charge >= 0.3 is 12.2 Å². The minimum atomic E-state index is -4.77. The second kappa shape index (κ2) is 6.02. The minimum Gasteiger partial charge on any atom is -0.243 e. The van der Waals surface area contributed by atoms with E-state index in [4.69, 9.17) is 0 Å². The number of carbonyl (C=O) groups is 1. The van der Waals surface area contributed by atoms with Gasteiger partial charge in [-0.1, -0.05) is 19.8 Å². The zero-order valence-electron chi connectivity index (χ0n) is 11.2. The van der Waals surface area contributed by atoms with Gasteiger partial charge in [0.1, 0.15) is 12.7 Å². The fourth-order valence-corrected chi connectivity index (χ4v) is 1.71. The van der Waals surface area contributed by atoms with E-state index in [1.54, 1.807) is 0 Å². The van der Waals surface area contributed by atoms with Crippen LogP contribution in [0.15, 0.2) is 12.7 Å². The molecule has 0 atom stereocenters. The molecule has 0 spiro atoms. The van der Waals surface area contributed by atoms with Gasteiger partial charge in [0.2, 0.25) is 5.82 Å². The Balaban J connectivity index is 2.32.